The smallest absolute Gasteiger partial charge is 0.227 e. The number of aromatic nitrogens is 2. The zero-order valence-electron chi connectivity index (χ0n) is 17.5. The zero-order chi connectivity index (χ0) is 21.1. The van der Waals surface area contributed by atoms with Gasteiger partial charge >= 0.3 is 0 Å². The van der Waals surface area contributed by atoms with Crippen molar-refractivity contribution in [2.45, 2.75) is 58.0 Å². The second-order valence-corrected chi connectivity index (χ2v) is 8.52. The topological polar surface area (TPSA) is 69.3 Å². The van der Waals surface area contributed by atoms with Crippen molar-refractivity contribution in [3.05, 3.63) is 52.6 Å². The molecule has 0 saturated carbocycles. The van der Waals surface area contributed by atoms with Crippen LogP contribution in [0.5, 0.6) is 0 Å². The maximum atomic E-state index is 13.5. The summed E-state index contributed by atoms with van der Waals surface area (Å²) in [5.41, 5.74) is 4.20. The minimum Gasteiger partial charge on any atom is -0.339 e. The van der Waals surface area contributed by atoms with Crippen molar-refractivity contribution < 1.29 is 14.0 Å². The fourth-order valence-electron chi connectivity index (χ4n) is 4.60. The molecule has 2 aliphatic rings. The third kappa shape index (κ3) is 4.55. The number of nitrogens with zero attached hydrogens (tertiary/aromatic N) is 3. The SMILES string of the molecule is CN(Cc1n[nH]c2c1CCCCC2)C(=O)C1CCC(=O)N(Cc2cccc(F)c2)C1. The number of nitrogens with one attached hydrogen (secondary N) is 1. The monoisotopic (exact) mass is 412 g/mol. The first-order valence-corrected chi connectivity index (χ1v) is 10.8. The third-order valence-electron chi connectivity index (χ3n) is 6.27. The van der Waals surface area contributed by atoms with Gasteiger partial charge in [-0.3, -0.25) is 14.7 Å². The van der Waals surface area contributed by atoms with E-state index >= 15 is 0 Å². The molecule has 2 amide bonds. The Labute approximate surface area is 176 Å². The van der Waals surface area contributed by atoms with E-state index < -0.39 is 0 Å². The fourth-order valence-corrected chi connectivity index (χ4v) is 4.60. The molecule has 1 saturated heterocycles. The Morgan fingerprint density at radius 3 is 2.93 bits per heavy atom. The van der Waals surface area contributed by atoms with Gasteiger partial charge in [0, 0.05) is 32.3 Å². The Morgan fingerprint density at radius 2 is 2.10 bits per heavy atom. The number of hydrogen-bond acceptors (Lipinski definition) is 3. The summed E-state index contributed by atoms with van der Waals surface area (Å²) >= 11 is 0. The first kappa shape index (κ1) is 20.6. The van der Waals surface area contributed by atoms with Crippen LogP contribution in [0, 0.1) is 11.7 Å². The van der Waals surface area contributed by atoms with E-state index in [2.05, 4.69) is 10.2 Å². The number of amides is 2. The van der Waals surface area contributed by atoms with E-state index in [1.165, 1.54) is 36.2 Å². The molecule has 160 valence electrons. The highest BCUT2D eigenvalue weighted by molar-refractivity contribution is 5.83. The molecule has 1 aromatic heterocycles. The second-order valence-electron chi connectivity index (χ2n) is 8.52. The van der Waals surface area contributed by atoms with Crippen molar-refractivity contribution in [1.29, 1.82) is 0 Å². The van der Waals surface area contributed by atoms with Crippen LogP contribution in [0.2, 0.25) is 0 Å². The number of aromatic amines is 1. The molecule has 1 aromatic carbocycles. The lowest BCUT2D eigenvalue weighted by molar-refractivity contribution is -0.143. The molecule has 1 aliphatic heterocycles. The summed E-state index contributed by atoms with van der Waals surface area (Å²) in [5.74, 6) is -0.498. The van der Waals surface area contributed by atoms with Gasteiger partial charge in [-0.15, -0.1) is 0 Å². The lowest BCUT2D eigenvalue weighted by Crippen LogP contribution is -2.45. The minimum atomic E-state index is -0.317. The molecule has 2 heterocycles. The molecule has 1 aliphatic carbocycles. The van der Waals surface area contributed by atoms with E-state index in [4.69, 9.17) is 0 Å². The van der Waals surface area contributed by atoms with Crippen LogP contribution < -0.4 is 0 Å². The Kier molecular flexibility index (Phi) is 6.16. The van der Waals surface area contributed by atoms with Gasteiger partial charge in [0.15, 0.2) is 0 Å². The molecule has 1 fully saturated rings. The third-order valence-corrected chi connectivity index (χ3v) is 6.27. The van der Waals surface area contributed by atoms with Crippen LogP contribution in [0.4, 0.5) is 4.39 Å². The Bertz CT molecular complexity index is 926. The van der Waals surface area contributed by atoms with Crippen molar-refractivity contribution in [3.63, 3.8) is 0 Å². The van der Waals surface area contributed by atoms with Crippen LogP contribution in [-0.2, 0) is 35.5 Å². The van der Waals surface area contributed by atoms with Crippen molar-refractivity contribution in [2.24, 2.45) is 5.92 Å². The van der Waals surface area contributed by atoms with E-state index in [9.17, 15) is 14.0 Å². The number of piperidine rings is 1. The fraction of sp³-hybridized carbons (Fsp3) is 0.522. The largest absolute Gasteiger partial charge is 0.339 e. The molecule has 1 unspecified atom stereocenters. The lowest BCUT2D eigenvalue weighted by Gasteiger charge is -2.34. The molecular formula is C23H29FN4O2. The second kappa shape index (κ2) is 8.98. The molecule has 0 bridgehead atoms. The Morgan fingerprint density at radius 1 is 1.27 bits per heavy atom. The zero-order valence-corrected chi connectivity index (χ0v) is 17.5. The van der Waals surface area contributed by atoms with Gasteiger partial charge in [0.05, 0.1) is 18.2 Å². The van der Waals surface area contributed by atoms with Gasteiger partial charge in [-0.25, -0.2) is 4.39 Å². The molecule has 30 heavy (non-hydrogen) atoms. The summed E-state index contributed by atoms with van der Waals surface area (Å²) < 4.78 is 13.5. The summed E-state index contributed by atoms with van der Waals surface area (Å²) in [7, 11) is 1.81. The van der Waals surface area contributed by atoms with E-state index in [1.54, 1.807) is 21.9 Å². The van der Waals surface area contributed by atoms with Gasteiger partial charge in [0.1, 0.15) is 5.82 Å². The molecule has 6 nitrogen and oxygen atoms in total. The Hall–Kier alpha value is -2.70. The average Bonchev–Trinajstić information content (AvgIpc) is 2.95. The quantitative estimate of drug-likeness (QED) is 0.767. The summed E-state index contributed by atoms with van der Waals surface area (Å²) in [5, 5.41) is 7.64. The van der Waals surface area contributed by atoms with E-state index in [0.717, 1.165) is 30.5 Å². The normalized spacial score (nSPS) is 19.3. The molecular weight excluding hydrogens is 383 g/mol. The number of benzene rings is 1. The first-order valence-electron chi connectivity index (χ1n) is 10.8. The molecule has 2 aromatic rings. The summed E-state index contributed by atoms with van der Waals surface area (Å²) in [6.45, 7) is 1.19. The van der Waals surface area contributed by atoms with Gasteiger partial charge in [-0.2, -0.15) is 5.10 Å². The maximum Gasteiger partial charge on any atom is 0.227 e. The molecule has 0 spiro atoms. The number of carbonyl (C=O) groups is 2. The van der Waals surface area contributed by atoms with E-state index in [0.29, 0.717) is 32.5 Å². The van der Waals surface area contributed by atoms with Crippen molar-refractivity contribution >= 4 is 11.8 Å². The van der Waals surface area contributed by atoms with Gasteiger partial charge < -0.3 is 9.80 Å². The van der Waals surface area contributed by atoms with Gasteiger partial charge in [0.25, 0.3) is 0 Å². The van der Waals surface area contributed by atoms with Gasteiger partial charge in [-0.05, 0) is 55.4 Å². The van der Waals surface area contributed by atoms with Crippen molar-refractivity contribution in [2.75, 3.05) is 13.6 Å². The van der Waals surface area contributed by atoms with E-state index in [1.807, 2.05) is 7.05 Å². The number of fused-ring (bicyclic) bond motifs is 1. The van der Waals surface area contributed by atoms with Gasteiger partial charge in [0.2, 0.25) is 11.8 Å². The molecule has 1 N–H and O–H groups in total. The first-order chi connectivity index (χ1) is 14.5. The Balaban J connectivity index is 1.40. The van der Waals surface area contributed by atoms with Crippen LogP contribution in [0.3, 0.4) is 0 Å². The van der Waals surface area contributed by atoms with Crippen molar-refractivity contribution in [1.82, 2.24) is 20.0 Å². The predicted molar refractivity (Wildman–Crippen MR) is 111 cm³/mol. The number of hydrogen-bond donors (Lipinski definition) is 1. The van der Waals surface area contributed by atoms with E-state index in [-0.39, 0.29) is 23.5 Å². The highest BCUT2D eigenvalue weighted by atomic mass is 19.1. The maximum absolute atomic E-state index is 13.5. The van der Waals surface area contributed by atoms with Gasteiger partial charge in [-0.1, -0.05) is 18.6 Å². The number of carbonyl (C=O) groups excluding carboxylic acids is 2. The highest BCUT2D eigenvalue weighted by Gasteiger charge is 2.32. The number of rotatable bonds is 5. The number of likely N-dealkylation sites (tertiary alicyclic amines) is 1. The number of aryl methyl sites for hydroxylation is 1. The highest BCUT2D eigenvalue weighted by Crippen LogP contribution is 2.25. The summed E-state index contributed by atoms with van der Waals surface area (Å²) in [6.07, 6.45) is 6.52. The van der Waals surface area contributed by atoms with Crippen LogP contribution in [0.25, 0.3) is 0 Å². The lowest BCUT2D eigenvalue weighted by atomic mass is 9.95. The summed E-state index contributed by atoms with van der Waals surface area (Å²) in [6, 6.07) is 6.27. The van der Waals surface area contributed by atoms with Crippen LogP contribution >= 0.6 is 0 Å². The molecule has 4 rings (SSSR count). The predicted octanol–water partition coefficient (Wildman–Crippen LogP) is 3.21. The van der Waals surface area contributed by atoms with Crippen molar-refractivity contribution in [3.8, 4) is 0 Å². The van der Waals surface area contributed by atoms with Crippen LogP contribution in [0.15, 0.2) is 24.3 Å². The van der Waals surface area contributed by atoms with Crippen LogP contribution in [0.1, 0.15) is 54.6 Å². The summed E-state index contributed by atoms with van der Waals surface area (Å²) in [4.78, 5) is 28.9. The molecule has 0 radical (unpaired) electrons. The number of H-pyrrole nitrogens is 1. The van der Waals surface area contributed by atoms with Crippen LogP contribution in [-0.4, -0.2) is 45.4 Å². The number of halogens is 1. The average molecular weight is 413 g/mol. The molecule has 1 atom stereocenters. The standard InChI is InChI=1S/C23H29FN4O2/c1-27(15-21-19-8-3-2-4-9-20(19)25-26-21)23(30)17-10-11-22(29)28(14-17)13-16-6-5-7-18(24)12-16/h5-7,12,17H,2-4,8-11,13-15H2,1H3,(H,25,26). The minimum absolute atomic E-state index is 0.0172. The molecule has 7 heteroatoms.